The van der Waals surface area contributed by atoms with Crippen molar-refractivity contribution in [2.75, 3.05) is 13.2 Å². The van der Waals surface area contributed by atoms with Crippen LogP contribution in [0, 0.1) is 0 Å². The lowest BCUT2D eigenvalue weighted by atomic mass is 10.0. The van der Waals surface area contributed by atoms with Gasteiger partial charge in [-0.2, -0.15) is 0 Å². The van der Waals surface area contributed by atoms with Gasteiger partial charge < -0.3 is 20.3 Å². The van der Waals surface area contributed by atoms with E-state index >= 15 is 0 Å². The molecule has 0 rings (SSSR count). The Morgan fingerprint density at radius 1 is 0.354 bits per heavy atom. The average molecular weight is 1110 g/mol. The smallest absolute Gasteiger partial charge is 0.305 e. The quantitative estimate of drug-likeness (QED) is 0.0320. The van der Waals surface area contributed by atoms with E-state index in [1.165, 1.54) is 302 Å². The zero-order chi connectivity index (χ0) is 57.1. The normalized spacial score (nSPS) is 12.8. The van der Waals surface area contributed by atoms with Gasteiger partial charge in [-0.15, -0.1) is 0 Å². The van der Waals surface area contributed by atoms with Crippen molar-refractivity contribution in [1.29, 1.82) is 0 Å². The molecule has 0 saturated heterocycles. The van der Waals surface area contributed by atoms with E-state index in [0.29, 0.717) is 19.4 Å². The van der Waals surface area contributed by atoms with Crippen LogP contribution in [0.4, 0.5) is 0 Å². The average Bonchev–Trinajstić information content (AvgIpc) is 3.45. The Hall–Kier alpha value is -2.18. The first kappa shape index (κ1) is 76.8. The first-order valence-corrected chi connectivity index (χ1v) is 35.4. The Balaban J connectivity index is 3.39. The second kappa shape index (κ2) is 68.3. The first-order chi connectivity index (χ1) is 39.0. The number of carbonyl (C=O) groups excluding carboxylic acids is 2. The van der Waals surface area contributed by atoms with Crippen molar-refractivity contribution in [1.82, 2.24) is 5.32 Å². The number of nitrogens with one attached hydrogen (secondary N) is 1. The van der Waals surface area contributed by atoms with Gasteiger partial charge in [-0.05, 0) is 89.9 Å². The van der Waals surface area contributed by atoms with Crippen LogP contribution in [0.15, 0.2) is 48.6 Å². The fraction of sp³-hybridized carbons (Fsp3) is 0.863. The molecule has 0 spiro atoms. The van der Waals surface area contributed by atoms with Crippen LogP contribution in [-0.2, 0) is 14.3 Å². The largest absolute Gasteiger partial charge is 0.466 e. The maximum atomic E-state index is 12.5. The second-order valence-corrected chi connectivity index (χ2v) is 24.2. The minimum absolute atomic E-state index is 0.00605. The van der Waals surface area contributed by atoms with Gasteiger partial charge in [-0.1, -0.05) is 326 Å². The summed E-state index contributed by atoms with van der Waals surface area (Å²) in [6.07, 6.45) is 89.1. The van der Waals surface area contributed by atoms with E-state index in [2.05, 4.69) is 55.6 Å². The van der Waals surface area contributed by atoms with Crippen LogP contribution in [0.2, 0.25) is 0 Å². The van der Waals surface area contributed by atoms with Gasteiger partial charge in [0, 0.05) is 12.8 Å². The van der Waals surface area contributed by atoms with Crippen LogP contribution in [0.25, 0.3) is 0 Å². The fourth-order valence-electron chi connectivity index (χ4n) is 10.9. The number of unbranched alkanes of at least 4 members (excludes halogenated alkanes) is 49. The molecule has 0 aliphatic carbocycles. The van der Waals surface area contributed by atoms with E-state index < -0.39 is 12.1 Å². The molecule has 0 aliphatic heterocycles. The van der Waals surface area contributed by atoms with Crippen molar-refractivity contribution in [3.05, 3.63) is 48.6 Å². The Morgan fingerprint density at radius 2 is 0.633 bits per heavy atom. The van der Waals surface area contributed by atoms with Crippen LogP contribution in [0.3, 0.4) is 0 Å². The van der Waals surface area contributed by atoms with E-state index in [1.807, 2.05) is 6.08 Å². The number of aliphatic hydroxyl groups is 2. The molecular weight excluding hydrogens is 971 g/mol. The number of amides is 1. The summed E-state index contributed by atoms with van der Waals surface area (Å²) >= 11 is 0. The molecule has 0 bridgehead atoms. The highest BCUT2D eigenvalue weighted by molar-refractivity contribution is 5.76. The van der Waals surface area contributed by atoms with Gasteiger partial charge in [0.2, 0.25) is 5.91 Å². The monoisotopic (exact) mass is 1110 g/mol. The molecule has 1 amide bonds. The molecule has 2 atom stereocenters. The summed E-state index contributed by atoms with van der Waals surface area (Å²) < 4.78 is 5.49. The highest BCUT2D eigenvalue weighted by Gasteiger charge is 2.18. The summed E-state index contributed by atoms with van der Waals surface area (Å²) in [4.78, 5) is 24.5. The Kier molecular flexibility index (Phi) is 66.4. The molecule has 0 heterocycles. The lowest BCUT2D eigenvalue weighted by molar-refractivity contribution is -0.143. The summed E-state index contributed by atoms with van der Waals surface area (Å²) in [5.74, 6) is -0.0588. The van der Waals surface area contributed by atoms with E-state index in [1.54, 1.807) is 6.08 Å². The summed E-state index contributed by atoms with van der Waals surface area (Å²) in [5, 5.41) is 23.1. The number of hydrogen-bond donors (Lipinski definition) is 3. The summed E-state index contributed by atoms with van der Waals surface area (Å²) in [7, 11) is 0. The zero-order valence-electron chi connectivity index (χ0n) is 53.1. The number of carbonyl (C=O) groups is 2. The van der Waals surface area contributed by atoms with Crippen molar-refractivity contribution in [2.24, 2.45) is 0 Å². The van der Waals surface area contributed by atoms with Gasteiger partial charge in [0.05, 0.1) is 25.4 Å². The van der Waals surface area contributed by atoms with Gasteiger partial charge >= 0.3 is 5.97 Å². The van der Waals surface area contributed by atoms with Crippen LogP contribution in [-0.4, -0.2) is 47.4 Å². The highest BCUT2D eigenvalue weighted by Crippen LogP contribution is 2.18. The molecule has 6 heteroatoms. The number of hydrogen-bond acceptors (Lipinski definition) is 5. The lowest BCUT2D eigenvalue weighted by Crippen LogP contribution is -2.45. The first-order valence-electron chi connectivity index (χ1n) is 35.4. The van der Waals surface area contributed by atoms with E-state index in [-0.39, 0.29) is 18.5 Å². The predicted octanol–water partition coefficient (Wildman–Crippen LogP) is 22.9. The zero-order valence-corrected chi connectivity index (χ0v) is 53.1. The molecule has 0 aliphatic rings. The van der Waals surface area contributed by atoms with Gasteiger partial charge in [-0.3, -0.25) is 9.59 Å². The van der Waals surface area contributed by atoms with E-state index in [9.17, 15) is 19.8 Å². The second-order valence-electron chi connectivity index (χ2n) is 24.2. The maximum Gasteiger partial charge on any atom is 0.305 e. The third-order valence-corrected chi connectivity index (χ3v) is 16.3. The fourth-order valence-corrected chi connectivity index (χ4v) is 10.9. The number of allylic oxidation sites excluding steroid dienone is 7. The van der Waals surface area contributed by atoms with E-state index in [0.717, 1.165) is 51.4 Å². The number of ether oxygens (including phenoxy) is 1. The van der Waals surface area contributed by atoms with Crippen LogP contribution in [0.1, 0.15) is 380 Å². The predicted molar refractivity (Wildman–Crippen MR) is 347 cm³/mol. The van der Waals surface area contributed by atoms with Crippen molar-refractivity contribution >= 4 is 11.9 Å². The number of aliphatic hydroxyl groups excluding tert-OH is 2. The molecule has 0 aromatic rings. The molecule has 0 radical (unpaired) electrons. The van der Waals surface area contributed by atoms with Gasteiger partial charge in [0.1, 0.15) is 0 Å². The lowest BCUT2D eigenvalue weighted by Gasteiger charge is -2.20. The molecule has 0 fully saturated rings. The molecule has 6 nitrogen and oxygen atoms in total. The Labute approximate surface area is 493 Å². The molecule has 3 N–H and O–H groups in total. The third-order valence-electron chi connectivity index (χ3n) is 16.3. The standard InChI is InChI=1S/C73H137NO5/c1-3-5-7-9-11-13-15-17-38-43-47-51-55-59-63-67-73(78)79-68-64-60-56-52-48-44-40-37-35-33-31-29-27-25-23-21-19-20-22-24-26-28-30-32-34-36-39-42-46-50-54-58-62-66-72(77)74-70(69-75)71(76)65-61-57-53-49-45-41-18-16-14-12-10-8-6-4-2/h17,23,25,29,31,38,61,65,70-71,75-76H,3-16,18-22,24,26-28,30,32-37,39-60,62-64,66-69H2,1-2H3,(H,74,77)/b25-23-,31-29-,38-17-,65-61+. The van der Waals surface area contributed by atoms with Crippen molar-refractivity contribution in [3.8, 4) is 0 Å². The Bertz CT molecular complexity index is 1320. The van der Waals surface area contributed by atoms with Gasteiger partial charge in [-0.25, -0.2) is 0 Å². The molecule has 0 aromatic heterocycles. The minimum atomic E-state index is -0.843. The van der Waals surface area contributed by atoms with Gasteiger partial charge in [0.25, 0.3) is 0 Å². The summed E-state index contributed by atoms with van der Waals surface area (Å²) in [5.41, 5.74) is 0. The van der Waals surface area contributed by atoms with Gasteiger partial charge in [0.15, 0.2) is 0 Å². The molecule has 0 aromatic carbocycles. The summed E-state index contributed by atoms with van der Waals surface area (Å²) in [6.45, 7) is 4.91. The molecule has 79 heavy (non-hydrogen) atoms. The number of rotatable bonds is 66. The SMILES string of the molecule is CCCCCCCC/C=C\CCCCCCCC(=O)OCCCCCCCCCCC/C=C\C/C=C\CCCCCCCCCCCCCCCCCCCC(=O)NC(CO)C(O)/C=C/CCCCCCCCCCCCCC. The molecular formula is C73H137NO5. The molecule has 2 unspecified atom stereocenters. The van der Waals surface area contributed by atoms with Crippen molar-refractivity contribution in [2.45, 2.75) is 392 Å². The van der Waals surface area contributed by atoms with Crippen molar-refractivity contribution < 1.29 is 24.5 Å². The molecule has 0 saturated carbocycles. The Morgan fingerprint density at radius 3 is 0.975 bits per heavy atom. The molecule has 464 valence electrons. The van der Waals surface area contributed by atoms with Crippen LogP contribution in [0.5, 0.6) is 0 Å². The van der Waals surface area contributed by atoms with Crippen LogP contribution >= 0.6 is 0 Å². The minimum Gasteiger partial charge on any atom is -0.466 e. The van der Waals surface area contributed by atoms with Crippen molar-refractivity contribution in [3.63, 3.8) is 0 Å². The third kappa shape index (κ3) is 64.8. The maximum absolute atomic E-state index is 12.5. The number of esters is 1. The summed E-state index contributed by atoms with van der Waals surface area (Å²) in [6, 6.07) is -0.626. The van der Waals surface area contributed by atoms with E-state index in [4.69, 9.17) is 4.74 Å². The topological polar surface area (TPSA) is 95.9 Å². The highest BCUT2D eigenvalue weighted by atomic mass is 16.5. The van der Waals surface area contributed by atoms with Crippen LogP contribution < -0.4 is 5.32 Å².